The van der Waals surface area contributed by atoms with Gasteiger partial charge >= 0.3 is 0 Å². The summed E-state index contributed by atoms with van der Waals surface area (Å²) in [6.45, 7) is 1.24. The third-order valence-corrected chi connectivity index (χ3v) is 4.41. The van der Waals surface area contributed by atoms with Crippen molar-refractivity contribution in [3.8, 4) is 23.0 Å². The summed E-state index contributed by atoms with van der Waals surface area (Å²) in [7, 11) is 5.82. The molecule has 0 aliphatic rings. The Morgan fingerprint density at radius 3 is 2.27 bits per heavy atom. The highest BCUT2D eigenvalue weighted by Gasteiger charge is 2.25. The number of ketones is 1. The third kappa shape index (κ3) is 5.18. The van der Waals surface area contributed by atoms with Crippen LogP contribution in [0.1, 0.15) is 6.92 Å². The average Bonchev–Trinajstić information content (AvgIpc) is 2.74. The minimum atomic E-state index is -1.41. The molecule has 1 N–H and O–H groups in total. The molecule has 2 aromatic rings. The number of carbonyl (C=O) groups is 2. The highest BCUT2D eigenvalue weighted by molar-refractivity contribution is 6.35. The maximum absolute atomic E-state index is 12.7. The minimum Gasteiger partial charge on any atom is -0.497 e. The number of methoxy groups -OCH3 is 4. The van der Waals surface area contributed by atoms with Crippen molar-refractivity contribution in [1.29, 1.82) is 0 Å². The zero-order chi connectivity index (χ0) is 22.3. The lowest BCUT2D eigenvalue weighted by molar-refractivity contribution is -0.126. The first-order valence-electron chi connectivity index (χ1n) is 8.70. The van der Waals surface area contributed by atoms with Crippen LogP contribution in [0.15, 0.2) is 40.6 Å². The molecule has 1 atom stereocenters. The molecule has 9 nitrogen and oxygen atoms in total. The van der Waals surface area contributed by atoms with Gasteiger partial charge in [-0.15, -0.1) is 0 Å². The van der Waals surface area contributed by atoms with E-state index in [1.807, 2.05) is 0 Å². The van der Waals surface area contributed by atoms with Crippen LogP contribution in [0.25, 0.3) is 0 Å². The van der Waals surface area contributed by atoms with Gasteiger partial charge in [0.05, 0.1) is 34.1 Å². The van der Waals surface area contributed by atoms with E-state index < -0.39 is 17.7 Å². The quantitative estimate of drug-likeness (QED) is 0.470. The molecule has 1 unspecified atom stereocenters. The molecule has 0 aliphatic heterocycles. The maximum atomic E-state index is 12.7. The lowest BCUT2D eigenvalue weighted by atomic mass is 10.2. The first kappa shape index (κ1) is 23.0. The molecular formula is C20H22ClN3O6. The number of carbonyl (C=O) groups excluding carboxylic acids is 2. The fraction of sp³-hybridized carbons (Fsp3) is 0.300. The Hall–Kier alpha value is -3.33. The first-order chi connectivity index (χ1) is 14.4. The number of rotatable bonds is 9. The fourth-order valence-electron chi connectivity index (χ4n) is 2.52. The molecule has 30 heavy (non-hydrogen) atoms. The van der Waals surface area contributed by atoms with Crippen LogP contribution in [0.4, 0.5) is 11.4 Å². The summed E-state index contributed by atoms with van der Waals surface area (Å²) in [6, 6.07) is 6.64. The van der Waals surface area contributed by atoms with Gasteiger partial charge in [-0.1, -0.05) is 17.7 Å². The zero-order valence-electron chi connectivity index (χ0n) is 17.2. The number of hydrogen-bond acceptors (Lipinski definition) is 8. The van der Waals surface area contributed by atoms with Gasteiger partial charge in [-0.2, -0.15) is 10.2 Å². The van der Waals surface area contributed by atoms with E-state index in [1.165, 1.54) is 41.4 Å². The van der Waals surface area contributed by atoms with Crippen LogP contribution in [0, 0.1) is 0 Å². The second-order valence-electron chi connectivity index (χ2n) is 5.92. The van der Waals surface area contributed by atoms with Crippen LogP contribution >= 0.6 is 11.6 Å². The molecule has 0 aromatic heterocycles. The number of nitrogens with zero attached hydrogens (tertiary/aromatic N) is 2. The average molecular weight is 436 g/mol. The Balaban J connectivity index is 2.33. The molecule has 10 heteroatoms. The topological polar surface area (TPSA) is 108 Å². The lowest BCUT2D eigenvalue weighted by Gasteiger charge is -2.14. The zero-order valence-corrected chi connectivity index (χ0v) is 17.9. The standard InChI is InChI=1S/C20H22ClN3O6/c1-11(25)18(24-23-13-7-6-8-15(28-3)19(13)30-5)20(26)22-14-9-12(27-2)10-16(29-4)17(14)21/h6-10,18H,1-5H3,(H,22,26). The van der Waals surface area contributed by atoms with Gasteiger partial charge in [0.25, 0.3) is 5.91 Å². The normalized spacial score (nSPS) is 11.7. The van der Waals surface area contributed by atoms with Gasteiger partial charge in [0.15, 0.2) is 17.3 Å². The molecule has 0 saturated carbocycles. The molecule has 0 radical (unpaired) electrons. The second-order valence-corrected chi connectivity index (χ2v) is 6.30. The summed E-state index contributed by atoms with van der Waals surface area (Å²) in [5.41, 5.74) is 0.509. The highest BCUT2D eigenvalue weighted by Crippen LogP contribution is 2.38. The van der Waals surface area contributed by atoms with E-state index >= 15 is 0 Å². The Kier molecular flexibility index (Phi) is 7.99. The van der Waals surface area contributed by atoms with E-state index in [1.54, 1.807) is 24.3 Å². The third-order valence-electron chi connectivity index (χ3n) is 4.02. The van der Waals surface area contributed by atoms with Crippen molar-refractivity contribution in [3.05, 3.63) is 35.4 Å². The number of para-hydroxylation sites is 1. The van der Waals surface area contributed by atoms with E-state index in [-0.39, 0.29) is 10.7 Å². The van der Waals surface area contributed by atoms with E-state index in [0.717, 1.165) is 0 Å². The summed E-state index contributed by atoms with van der Waals surface area (Å²) in [5, 5.41) is 10.6. The molecule has 0 bridgehead atoms. The Morgan fingerprint density at radius 2 is 1.70 bits per heavy atom. The number of hydrogen-bond donors (Lipinski definition) is 1. The van der Waals surface area contributed by atoms with Gasteiger partial charge < -0.3 is 24.3 Å². The Labute approximate surface area is 178 Å². The Morgan fingerprint density at radius 1 is 1.00 bits per heavy atom. The predicted octanol–water partition coefficient (Wildman–Crippen LogP) is 4.05. The number of nitrogens with one attached hydrogen (secondary N) is 1. The molecule has 0 spiro atoms. The van der Waals surface area contributed by atoms with Crippen LogP contribution < -0.4 is 24.3 Å². The minimum absolute atomic E-state index is 0.153. The van der Waals surface area contributed by atoms with Gasteiger partial charge in [-0.3, -0.25) is 9.59 Å². The van der Waals surface area contributed by atoms with Crippen LogP contribution in [0.2, 0.25) is 5.02 Å². The lowest BCUT2D eigenvalue weighted by Crippen LogP contribution is -2.32. The molecule has 0 saturated heterocycles. The van der Waals surface area contributed by atoms with Crippen LogP contribution in [-0.4, -0.2) is 46.2 Å². The van der Waals surface area contributed by atoms with Gasteiger partial charge in [0.2, 0.25) is 6.04 Å². The van der Waals surface area contributed by atoms with Gasteiger partial charge in [-0.05, 0) is 19.1 Å². The number of azo groups is 1. The number of anilines is 1. The predicted molar refractivity (Wildman–Crippen MR) is 112 cm³/mol. The van der Waals surface area contributed by atoms with E-state index in [9.17, 15) is 9.59 Å². The summed E-state index contributed by atoms with van der Waals surface area (Å²) in [4.78, 5) is 24.8. The van der Waals surface area contributed by atoms with Crippen LogP contribution in [0.5, 0.6) is 23.0 Å². The molecule has 0 aliphatic carbocycles. The molecule has 0 heterocycles. The van der Waals surface area contributed by atoms with Crippen molar-refractivity contribution in [2.75, 3.05) is 33.8 Å². The second kappa shape index (κ2) is 10.4. The van der Waals surface area contributed by atoms with E-state index in [2.05, 4.69) is 15.5 Å². The fourth-order valence-corrected chi connectivity index (χ4v) is 2.75. The SMILES string of the molecule is COc1cc(NC(=O)C(N=Nc2cccc(OC)c2OC)C(C)=O)c(Cl)c(OC)c1. The van der Waals surface area contributed by atoms with Crippen molar-refractivity contribution in [1.82, 2.24) is 0 Å². The number of Topliss-reactive ketones (excluding diaryl/α,β-unsaturated/α-hetero) is 1. The molecule has 2 rings (SSSR count). The van der Waals surface area contributed by atoms with Crippen molar-refractivity contribution in [3.63, 3.8) is 0 Å². The summed E-state index contributed by atoms with van der Waals surface area (Å²) >= 11 is 6.25. The Bertz CT molecular complexity index is 964. The number of halogens is 1. The summed E-state index contributed by atoms with van der Waals surface area (Å²) in [6.07, 6.45) is 0. The molecule has 0 fully saturated rings. The monoisotopic (exact) mass is 435 g/mol. The highest BCUT2D eigenvalue weighted by atomic mass is 35.5. The molecule has 1 amide bonds. The largest absolute Gasteiger partial charge is 0.497 e. The van der Waals surface area contributed by atoms with Crippen molar-refractivity contribution < 1.29 is 28.5 Å². The van der Waals surface area contributed by atoms with Crippen LogP contribution in [0.3, 0.4) is 0 Å². The van der Waals surface area contributed by atoms with Crippen molar-refractivity contribution in [2.45, 2.75) is 13.0 Å². The van der Waals surface area contributed by atoms with Crippen molar-refractivity contribution in [2.24, 2.45) is 10.2 Å². The van der Waals surface area contributed by atoms with Gasteiger partial charge in [0.1, 0.15) is 22.2 Å². The van der Waals surface area contributed by atoms with E-state index in [4.69, 9.17) is 30.5 Å². The molecule has 2 aromatic carbocycles. The molecule has 160 valence electrons. The van der Waals surface area contributed by atoms with Crippen molar-refractivity contribution >= 4 is 34.7 Å². The molecular weight excluding hydrogens is 414 g/mol. The maximum Gasteiger partial charge on any atom is 0.258 e. The smallest absolute Gasteiger partial charge is 0.258 e. The summed E-state index contributed by atoms with van der Waals surface area (Å²) < 4.78 is 20.8. The number of amides is 1. The van der Waals surface area contributed by atoms with Crippen LogP contribution in [-0.2, 0) is 9.59 Å². The van der Waals surface area contributed by atoms with Gasteiger partial charge in [0, 0.05) is 12.1 Å². The number of ether oxygens (including phenoxy) is 4. The number of benzene rings is 2. The van der Waals surface area contributed by atoms with E-state index in [0.29, 0.717) is 28.7 Å². The summed E-state index contributed by atoms with van der Waals surface area (Å²) in [5.74, 6) is 0.247. The first-order valence-corrected chi connectivity index (χ1v) is 9.08. The van der Waals surface area contributed by atoms with Gasteiger partial charge in [-0.25, -0.2) is 0 Å².